The number of rotatable bonds is 7. The monoisotopic (exact) mass is 386 g/mol. The van der Waals surface area contributed by atoms with Crippen LogP contribution in [0.1, 0.15) is 6.92 Å². The number of halogens is 1. The van der Waals surface area contributed by atoms with E-state index in [4.69, 9.17) is 4.74 Å². The zero-order valence-electron chi connectivity index (χ0n) is 15.0. The normalized spacial score (nSPS) is 10.6. The van der Waals surface area contributed by atoms with Gasteiger partial charge < -0.3 is 14.6 Å². The summed E-state index contributed by atoms with van der Waals surface area (Å²) in [7, 11) is 1.81. The summed E-state index contributed by atoms with van der Waals surface area (Å²) in [5, 5.41) is 11.7. The first kappa shape index (κ1) is 18.9. The minimum atomic E-state index is -0.304. The first-order valence-corrected chi connectivity index (χ1v) is 9.36. The zero-order chi connectivity index (χ0) is 19.2. The summed E-state index contributed by atoms with van der Waals surface area (Å²) in [5.41, 5.74) is 1.46. The summed E-state index contributed by atoms with van der Waals surface area (Å²) in [4.78, 5) is 12.2. The molecule has 0 aliphatic rings. The first-order valence-electron chi connectivity index (χ1n) is 8.37. The third-order valence-corrected chi connectivity index (χ3v) is 4.74. The van der Waals surface area contributed by atoms with E-state index in [2.05, 4.69) is 15.5 Å². The second kappa shape index (κ2) is 8.68. The Labute approximate surface area is 160 Å². The Hall–Kier alpha value is -2.87. The number of amides is 1. The van der Waals surface area contributed by atoms with E-state index < -0.39 is 0 Å². The zero-order valence-corrected chi connectivity index (χ0v) is 15.8. The molecule has 140 valence electrons. The van der Waals surface area contributed by atoms with Gasteiger partial charge in [0.05, 0.1) is 12.4 Å². The molecule has 0 saturated heterocycles. The van der Waals surface area contributed by atoms with Crippen LogP contribution in [0.15, 0.2) is 53.7 Å². The number of nitrogens with one attached hydrogen (secondary N) is 1. The Morgan fingerprint density at radius 3 is 2.52 bits per heavy atom. The van der Waals surface area contributed by atoms with Crippen molar-refractivity contribution in [3.8, 4) is 17.1 Å². The van der Waals surface area contributed by atoms with E-state index in [0.29, 0.717) is 23.3 Å². The molecule has 6 nitrogen and oxygen atoms in total. The Balaban J connectivity index is 1.58. The van der Waals surface area contributed by atoms with E-state index in [1.807, 2.05) is 26.1 Å². The molecule has 27 heavy (non-hydrogen) atoms. The van der Waals surface area contributed by atoms with Crippen molar-refractivity contribution < 1.29 is 13.9 Å². The van der Waals surface area contributed by atoms with Gasteiger partial charge in [0.15, 0.2) is 11.0 Å². The average molecular weight is 386 g/mol. The molecular formula is C19H19FN4O2S. The molecule has 0 saturated carbocycles. The minimum absolute atomic E-state index is 0.143. The van der Waals surface area contributed by atoms with Gasteiger partial charge in [-0.3, -0.25) is 4.79 Å². The van der Waals surface area contributed by atoms with Gasteiger partial charge in [-0.15, -0.1) is 10.2 Å². The van der Waals surface area contributed by atoms with E-state index in [0.717, 1.165) is 11.3 Å². The molecule has 0 radical (unpaired) electrons. The second-order valence-corrected chi connectivity index (χ2v) is 6.61. The van der Waals surface area contributed by atoms with Gasteiger partial charge in [-0.2, -0.15) is 0 Å². The third kappa shape index (κ3) is 4.85. The Morgan fingerprint density at radius 2 is 1.85 bits per heavy atom. The van der Waals surface area contributed by atoms with Crippen LogP contribution < -0.4 is 10.1 Å². The van der Waals surface area contributed by atoms with Crippen molar-refractivity contribution in [3.63, 3.8) is 0 Å². The molecule has 0 spiro atoms. The number of hydrogen-bond acceptors (Lipinski definition) is 5. The lowest BCUT2D eigenvalue weighted by Crippen LogP contribution is -2.14. The lowest BCUT2D eigenvalue weighted by molar-refractivity contribution is -0.113. The van der Waals surface area contributed by atoms with E-state index in [1.54, 1.807) is 28.8 Å². The Morgan fingerprint density at radius 1 is 1.15 bits per heavy atom. The van der Waals surface area contributed by atoms with Crippen molar-refractivity contribution in [1.82, 2.24) is 14.8 Å². The molecule has 2 aromatic carbocycles. The van der Waals surface area contributed by atoms with Crippen LogP contribution in [0.2, 0.25) is 0 Å². The lowest BCUT2D eigenvalue weighted by Gasteiger charge is -2.07. The number of thioether (sulfide) groups is 1. The molecule has 1 aromatic heterocycles. The molecule has 3 aromatic rings. The van der Waals surface area contributed by atoms with Crippen LogP contribution in [0.3, 0.4) is 0 Å². The average Bonchev–Trinajstić information content (AvgIpc) is 3.03. The highest BCUT2D eigenvalue weighted by atomic mass is 32.2. The molecule has 0 fully saturated rings. The van der Waals surface area contributed by atoms with Gasteiger partial charge >= 0.3 is 0 Å². The molecule has 1 amide bonds. The van der Waals surface area contributed by atoms with E-state index in [-0.39, 0.29) is 17.5 Å². The van der Waals surface area contributed by atoms with Gasteiger partial charge in [-0.05, 0) is 55.5 Å². The molecule has 0 unspecified atom stereocenters. The summed E-state index contributed by atoms with van der Waals surface area (Å²) in [6, 6.07) is 13.2. The fourth-order valence-electron chi connectivity index (χ4n) is 2.42. The Bertz CT molecular complexity index is 910. The molecule has 8 heteroatoms. The quantitative estimate of drug-likeness (QED) is 0.627. The van der Waals surface area contributed by atoms with Gasteiger partial charge in [-0.1, -0.05) is 11.8 Å². The number of carbonyl (C=O) groups excluding carboxylic acids is 1. The molecule has 0 aliphatic carbocycles. The summed E-state index contributed by atoms with van der Waals surface area (Å²) >= 11 is 1.28. The third-order valence-electron chi connectivity index (χ3n) is 3.72. The highest BCUT2D eigenvalue weighted by molar-refractivity contribution is 7.99. The Kier molecular flexibility index (Phi) is 6.08. The van der Waals surface area contributed by atoms with Gasteiger partial charge in [0, 0.05) is 18.3 Å². The standard InChI is InChI=1S/C19H19FN4O2S/c1-3-26-16-10-8-15(9-11-16)21-17(25)12-27-19-23-22-18(24(19)2)13-4-6-14(20)7-5-13/h4-11H,3,12H2,1-2H3,(H,21,25). The number of ether oxygens (including phenoxy) is 1. The van der Waals surface area contributed by atoms with Crippen LogP contribution in [0, 0.1) is 5.82 Å². The maximum Gasteiger partial charge on any atom is 0.234 e. The van der Waals surface area contributed by atoms with Crippen molar-refractivity contribution >= 4 is 23.4 Å². The fraction of sp³-hybridized carbons (Fsp3) is 0.211. The minimum Gasteiger partial charge on any atom is -0.494 e. The summed E-state index contributed by atoms with van der Waals surface area (Å²) in [6.45, 7) is 2.51. The van der Waals surface area contributed by atoms with E-state index in [9.17, 15) is 9.18 Å². The van der Waals surface area contributed by atoms with Crippen LogP contribution in [-0.4, -0.2) is 33.0 Å². The summed E-state index contributed by atoms with van der Waals surface area (Å²) in [6.07, 6.45) is 0. The van der Waals surface area contributed by atoms with Crippen LogP contribution in [0.5, 0.6) is 5.75 Å². The van der Waals surface area contributed by atoms with Crippen molar-refractivity contribution in [2.45, 2.75) is 12.1 Å². The maximum atomic E-state index is 13.1. The first-order chi connectivity index (χ1) is 13.1. The molecule has 0 atom stereocenters. The van der Waals surface area contributed by atoms with Crippen LogP contribution in [0.25, 0.3) is 11.4 Å². The smallest absolute Gasteiger partial charge is 0.234 e. The van der Waals surface area contributed by atoms with Crippen LogP contribution in [-0.2, 0) is 11.8 Å². The topological polar surface area (TPSA) is 69.0 Å². The number of anilines is 1. The number of nitrogens with zero attached hydrogens (tertiary/aromatic N) is 3. The highest BCUT2D eigenvalue weighted by Gasteiger charge is 2.13. The van der Waals surface area contributed by atoms with Crippen molar-refractivity contribution in [2.75, 3.05) is 17.7 Å². The molecule has 0 aliphatic heterocycles. The van der Waals surface area contributed by atoms with Gasteiger partial charge in [0.2, 0.25) is 5.91 Å². The lowest BCUT2D eigenvalue weighted by atomic mass is 10.2. The number of benzene rings is 2. The second-order valence-electron chi connectivity index (χ2n) is 5.67. The fourth-order valence-corrected chi connectivity index (χ4v) is 3.13. The van der Waals surface area contributed by atoms with Crippen LogP contribution in [0.4, 0.5) is 10.1 Å². The van der Waals surface area contributed by atoms with Gasteiger partial charge in [0.25, 0.3) is 0 Å². The van der Waals surface area contributed by atoms with E-state index in [1.165, 1.54) is 23.9 Å². The predicted molar refractivity (Wildman–Crippen MR) is 103 cm³/mol. The summed E-state index contributed by atoms with van der Waals surface area (Å²) in [5.74, 6) is 1.13. The molecule has 0 bridgehead atoms. The van der Waals surface area contributed by atoms with Crippen molar-refractivity contribution in [2.24, 2.45) is 7.05 Å². The van der Waals surface area contributed by atoms with Gasteiger partial charge in [-0.25, -0.2) is 4.39 Å². The number of aromatic nitrogens is 3. The molecule has 1 heterocycles. The molecule has 1 N–H and O–H groups in total. The molecule has 3 rings (SSSR count). The summed E-state index contributed by atoms with van der Waals surface area (Å²) < 4.78 is 20.2. The van der Waals surface area contributed by atoms with Crippen molar-refractivity contribution in [1.29, 1.82) is 0 Å². The van der Waals surface area contributed by atoms with Crippen LogP contribution >= 0.6 is 11.8 Å². The predicted octanol–water partition coefficient (Wildman–Crippen LogP) is 3.75. The SMILES string of the molecule is CCOc1ccc(NC(=O)CSc2nnc(-c3ccc(F)cc3)n2C)cc1. The van der Waals surface area contributed by atoms with Gasteiger partial charge in [0.1, 0.15) is 11.6 Å². The number of carbonyl (C=O) groups is 1. The van der Waals surface area contributed by atoms with Crippen molar-refractivity contribution in [3.05, 3.63) is 54.3 Å². The number of hydrogen-bond donors (Lipinski definition) is 1. The maximum absolute atomic E-state index is 13.1. The highest BCUT2D eigenvalue weighted by Crippen LogP contribution is 2.23. The van der Waals surface area contributed by atoms with E-state index >= 15 is 0 Å². The molecular weight excluding hydrogens is 367 g/mol. The largest absolute Gasteiger partial charge is 0.494 e.